The molecule has 1 aromatic heterocycles. The van der Waals surface area contributed by atoms with Crippen LogP contribution in [0.25, 0.3) is 0 Å². The Labute approximate surface area is 182 Å². The molecule has 0 atom stereocenters. The zero-order valence-electron chi connectivity index (χ0n) is 15.2. The number of amides is 3. The molecule has 0 aliphatic heterocycles. The summed E-state index contributed by atoms with van der Waals surface area (Å²) in [6.07, 6.45) is 0.769. The number of anilines is 2. The Bertz CT molecular complexity index is 1010. The summed E-state index contributed by atoms with van der Waals surface area (Å²) < 4.78 is 0. The van der Waals surface area contributed by atoms with Crippen molar-refractivity contribution < 1.29 is 9.59 Å². The molecule has 29 heavy (non-hydrogen) atoms. The van der Waals surface area contributed by atoms with Crippen LogP contribution in [0.5, 0.6) is 0 Å². The van der Waals surface area contributed by atoms with E-state index in [0.717, 1.165) is 11.3 Å². The summed E-state index contributed by atoms with van der Waals surface area (Å²) in [5.41, 5.74) is 2.19. The zero-order valence-corrected chi connectivity index (χ0v) is 17.6. The highest BCUT2D eigenvalue weighted by molar-refractivity contribution is 7.13. The molecule has 0 bridgehead atoms. The van der Waals surface area contributed by atoms with Gasteiger partial charge in [-0.05, 0) is 36.2 Å². The van der Waals surface area contributed by atoms with E-state index in [4.69, 9.17) is 23.2 Å². The fraction of sp³-hybridized carbons (Fsp3) is 0.150. The predicted octanol–water partition coefficient (Wildman–Crippen LogP) is 5.34. The van der Waals surface area contributed by atoms with Gasteiger partial charge in [-0.1, -0.05) is 47.5 Å². The third-order valence-electron chi connectivity index (χ3n) is 3.90. The number of hydrogen-bond acceptors (Lipinski definition) is 4. The van der Waals surface area contributed by atoms with Crippen LogP contribution in [0, 0.1) is 0 Å². The highest BCUT2D eigenvalue weighted by Crippen LogP contribution is 2.19. The minimum atomic E-state index is -0.411. The van der Waals surface area contributed by atoms with Gasteiger partial charge in [-0.15, -0.1) is 11.3 Å². The van der Waals surface area contributed by atoms with Crippen molar-refractivity contribution in [2.75, 3.05) is 10.6 Å². The number of carbonyl (C=O) groups excluding carboxylic acids is 2. The molecule has 3 amide bonds. The third kappa shape index (κ3) is 6.74. The van der Waals surface area contributed by atoms with Crippen molar-refractivity contribution in [3.63, 3.8) is 0 Å². The number of nitrogens with one attached hydrogen (secondary N) is 3. The van der Waals surface area contributed by atoms with Gasteiger partial charge in [-0.25, -0.2) is 9.78 Å². The minimum absolute atomic E-state index is 0.0915. The number of benzene rings is 2. The summed E-state index contributed by atoms with van der Waals surface area (Å²) in [6.45, 7) is 0.381. The molecule has 0 radical (unpaired) electrons. The number of urea groups is 1. The molecule has 2 aromatic carbocycles. The molecule has 0 spiro atoms. The number of rotatable bonds is 7. The lowest BCUT2D eigenvalue weighted by atomic mass is 10.2. The van der Waals surface area contributed by atoms with Crippen LogP contribution in [-0.4, -0.2) is 16.9 Å². The molecule has 150 valence electrons. The maximum atomic E-state index is 12.0. The standard InChI is InChI=1S/C20H18Cl2N4O2S/c21-14-5-3-6-15(10-14)24-19(28)26-20-25-16(12-29-20)8-9-18(27)23-11-13-4-1-2-7-17(13)22/h1-7,10,12H,8-9,11H2,(H,23,27)(H2,24,25,26,28). The summed E-state index contributed by atoms with van der Waals surface area (Å²) in [5, 5.41) is 11.6. The topological polar surface area (TPSA) is 83.1 Å². The summed E-state index contributed by atoms with van der Waals surface area (Å²) in [4.78, 5) is 28.4. The first-order chi connectivity index (χ1) is 14.0. The molecule has 3 aromatic rings. The fourth-order valence-electron chi connectivity index (χ4n) is 2.47. The van der Waals surface area contributed by atoms with Gasteiger partial charge in [-0.3, -0.25) is 10.1 Å². The average molecular weight is 449 g/mol. The van der Waals surface area contributed by atoms with Crippen molar-refractivity contribution in [3.8, 4) is 0 Å². The SMILES string of the molecule is O=C(CCc1csc(NC(=O)Nc2cccc(Cl)c2)n1)NCc1ccccc1Cl. The Morgan fingerprint density at radius 3 is 2.66 bits per heavy atom. The largest absolute Gasteiger partial charge is 0.352 e. The second-order valence-corrected chi connectivity index (χ2v) is 7.80. The second kappa shape index (κ2) is 10.2. The van der Waals surface area contributed by atoms with Gasteiger partial charge in [0, 0.05) is 34.1 Å². The van der Waals surface area contributed by atoms with E-state index in [9.17, 15) is 9.59 Å². The average Bonchev–Trinajstić information content (AvgIpc) is 3.13. The summed E-state index contributed by atoms with van der Waals surface area (Å²) >= 11 is 13.3. The molecule has 0 saturated carbocycles. The monoisotopic (exact) mass is 448 g/mol. The Balaban J connectivity index is 1.43. The lowest BCUT2D eigenvalue weighted by molar-refractivity contribution is -0.121. The highest BCUT2D eigenvalue weighted by Gasteiger charge is 2.09. The van der Waals surface area contributed by atoms with E-state index in [1.54, 1.807) is 30.3 Å². The van der Waals surface area contributed by atoms with E-state index in [0.29, 0.717) is 40.3 Å². The number of thiazole rings is 1. The van der Waals surface area contributed by atoms with E-state index in [2.05, 4.69) is 20.9 Å². The molecule has 0 fully saturated rings. The first kappa shape index (κ1) is 21.1. The molecule has 3 rings (SSSR count). The number of aromatic nitrogens is 1. The van der Waals surface area contributed by atoms with Crippen LogP contribution in [0.3, 0.4) is 0 Å². The van der Waals surface area contributed by atoms with Crippen LogP contribution < -0.4 is 16.0 Å². The molecule has 9 heteroatoms. The zero-order chi connectivity index (χ0) is 20.6. The van der Waals surface area contributed by atoms with Crippen molar-refractivity contribution in [2.24, 2.45) is 0 Å². The van der Waals surface area contributed by atoms with Gasteiger partial charge in [0.05, 0.1) is 5.69 Å². The van der Waals surface area contributed by atoms with Crippen LogP contribution in [0.2, 0.25) is 10.0 Å². The van der Waals surface area contributed by atoms with Crippen LogP contribution in [0.1, 0.15) is 17.7 Å². The molecule has 3 N–H and O–H groups in total. The predicted molar refractivity (Wildman–Crippen MR) is 118 cm³/mol. The van der Waals surface area contributed by atoms with E-state index in [1.807, 2.05) is 23.6 Å². The van der Waals surface area contributed by atoms with E-state index in [-0.39, 0.29) is 5.91 Å². The van der Waals surface area contributed by atoms with Crippen LogP contribution >= 0.6 is 34.5 Å². The lowest BCUT2D eigenvalue weighted by Crippen LogP contribution is -2.23. The van der Waals surface area contributed by atoms with Gasteiger partial charge in [0.2, 0.25) is 5.91 Å². The third-order valence-corrected chi connectivity index (χ3v) is 5.31. The first-order valence-corrected chi connectivity index (χ1v) is 10.4. The minimum Gasteiger partial charge on any atom is -0.352 e. The fourth-order valence-corrected chi connectivity index (χ4v) is 3.60. The van der Waals surface area contributed by atoms with Crippen molar-refractivity contribution in [3.05, 3.63) is 75.2 Å². The van der Waals surface area contributed by atoms with Crippen molar-refractivity contribution in [2.45, 2.75) is 19.4 Å². The first-order valence-electron chi connectivity index (χ1n) is 8.77. The molecular formula is C20H18Cl2N4O2S. The van der Waals surface area contributed by atoms with Gasteiger partial charge in [0.25, 0.3) is 0 Å². The summed E-state index contributed by atoms with van der Waals surface area (Å²) in [5.74, 6) is -0.0915. The van der Waals surface area contributed by atoms with Crippen LogP contribution in [-0.2, 0) is 17.8 Å². The number of hydrogen-bond donors (Lipinski definition) is 3. The maximum absolute atomic E-state index is 12.0. The summed E-state index contributed by atoms with van der Waals surface area (Å²) in [7, 11) is 0. The smallest absolute Gasteiger partial charge is 0.325 e. The van der Waals surface area contributed by atoms with Gasteiger partial charge in [0.15, 0.2) is 5.13 Å². The number of carbonyl (C=O) groups is 2. The van der Waals surface area contributed by atoms with Crippen LogP contribution in [0.15, 0.2) is 53.9 Å². The van der Waals surface area contributed by atoms with Gasteiger partial charge in [-0.2, -0.15) is 0 Å². The van der Waals surface area contributed by atoms with E-state index >= 15 is 0 Å². The Morgan fingerprint density at radius 2 is 1.86 bits per heavy atom. The van der Waals surface area contributed by atoms with Gasteiger partial charge in [0.1, 0.15) is 0 Å². The molecular weight excluding hydrogens is 431 g/mol. The molecule has 0 unspecified atom stereocenters. The number of nitrogens with zero attached hydrogens (tertiary/aromatic N) is 1. The number of halogens is 2. The lowest BCUT2D eigenvalue weighted by Gasteiger charge is -2.06. The quantitative estimate of drug-likeness (QED) is 0.455. The number of aryl methyl sites for hydroxylation is 1. The Kier molecular flexibility index (Phi) is 7.46. The van der Waals surface area contributed by atoms with Crippen molar-refractivity contribution in [1.82, 2.24) is 10.3 Å². The maximum Gasteiger partial charge on any atom is 0.325 e. The Morgan fingerprint density at radius 1 is 1.03 bits per heavy atom. The molecule has 6 nitrogen and oxygen atoms in total. The van der Waals surface area contributed by atoms with Crippen molar-refractivity contribution in [1.29, 1.82) is 0 Å². The van der Waals surface area contributed by atoms with Gasteiger partial charge >= 0.3 is 6.03 Å². The molecule has 0 saturated heterocycles. The Hall–Kier alpha value is -2.61. The highest BCUT2D eigenvalue weighted by atomic mass is 35.5. The summed E-state index contributed by atoms with van der Waals surface area (Å²) in [6, 6.07) is 13.8. The molecule has 0 aliphatic carbocycles. The van der Waals surface area contributed by atoms with Crippen molar-refractivity contribution >= 4 is 57.3 Å². The van der Waals surface area contributed by atoms with E-state index in [1.165, 1.54) is 11.3 Å². The van der Waals surface area contributed by atoms with E-state index < -0.39 is 6.03 Å². The molecule has 1 heterocycles. The van der Waals surface area contributed by atoms with Gasteiger partial charge < -0.3 is 10.6 Å². The molecule has 0 aliphatic rings. The van der Waals surface area contributed by atoms with Crippen LogP contribution in [0.4, 0.5) is 15.6 Å². The normalized spacial score (nSPS) is 10.4. The second-order valence-electron chi connectivity index (χ2n) is 6.10.